The number of halogens is 1. The molecule has 0 fully saturated rings. The van der Waals surface area contributed by atoms with Gasteiger partial charge in [0.25, 0.3) is 5.56 Å². The van der Waals surface area contributed by atoms with Crippen LogP contribution in [0.25, 0.3) is 22.2 Å². The van der Waals surface area contributed by atoms with E-state index in [0.29, 0.717) is 34.5 Å². The van der Waals surface area contributed by atoms with Crippen molar-refractivity contribution in [3.05, 3.63) is 84.3 Å². The molecule has 0 amide bonds. The fourth-order valence-corrected chi connectivity index (χ4v) is 3.89. The van der Waals surface area contributed by atoms with Gasteiger partial charge in [-0.25, -0.2) is 9.78 Å². The highest BCUT2D eigenvalue weighted by Gasteiger charge is 2.10. The molecule has 0 N–H and O–H groups in total. The van der Waals surface area contributed by atoms with Gasteiger partial charge >= 0.3 is 5.63 Å². The van der Waals surface area contributed by atoms with Gasteiger partial charge in [-0.05, 0) is 30.7 Å². The summed E-state index contributed by atoms with van der Waals surface area (Å²) in [6.45, 7) is 2.24. The molecule has 27 heavy (non-hydrogen) atoms. The summed E-state index contributed by atoms with van der Waals surface area (Å²) in [4.78, 5) is 28.8. The van der Waals surface area contributed by atoms with Gasteiger partial charge in [-0.15, -0.1) is 11.3 Å². The fraction of sp³-hybridized carbons (Fsp3) is 0.150. The topological polar surface area (TPSA) is 65.1 Å². The lowest BCUT2D eigenvalue weighted by Gasteiger charge is -2.06. The first kappa shape index (κ1) is 17.7. The van der Waals surface area contributed by atoms with Gasteiger partial charge in [-0.3, -0.25) is 4.79 Å². The molecule has 7 heteroatoms. The zero-order valence-corrected chi connectivity index (χ0v) is 16.0. The maximum atomic E-state index is 12.7. The van der Waals surface area contributed by atoms with Crippen molar-refractivity contribution in [2.75, 3.05) is 0 Å². The molecule has 0 saturated carbocycles. The number of aromatic nitrogens is 2. The van der Waals surface area contributed by atoms with Crippen molar-refractivity contribution in [1.82, 2.24) is 9.55 Å². The molecule has 0 bridgehead atoms. The first-order valence-corrected chi connectivity index (χ1v) is 9.61. The molecule has 0 atom stereocenters. The van der Waals surface area contributed by atoms with Crippen molar-refractivity contribution < 1.29 is 4.42 Å². The highest BCUT2D eigenvalue weighted by molar-refractivity contribution is 7.09. The average molecular weight is 399 g/mol. The summed E-state index contributed by atoms with van der Waals surface area (Å²) in [6.07, 6.45) is 2.29. The Hall–Kier alpha value is -2.70. The van der Waals surface area contributed by atoms with Crippen LogP contribution in [0.1, 0.15) is 10.6 Å². The summed E-state index contributed by atoms with van der Waals surface area (Å²) in [6, 6.07) is 10.5. The Morgan fingerprint density at radius 3 is 2.74 bits per heavy atom. The summed E-state index contributed by atoms with van der Waals surface area (Å²) in [5, 5.41) is 4.08. The quantitative estimate of drug-likeness (QED) is 0.514. The number of hydrogen-bond acceptors (Lipinski definition) is 5. The second kappa shape index (κ2) is 7.13. The Morgan fingerprint density at radius 2 is 1.96 bits per heavy atom. The SMILES string of the molecule is Cc1cc(=O)oc2ccn(CCc3nc(-c4ccc(Cl)cc4)cs3)c(=O)c12. The van der Waals surface area contributed by atoms with Crippen LogP contribution in [0.4, 0.5) is 0 Å². The van der Waals surface area contributed by atoms with Crippen LogP contribution in [0, 0.1) is 6.92 Å². The molecule has 3 aromatic heterocycles. The van der Waals surface area contributed by atoms with Gasteiger partial charge in [0.05, 0.1) is 16.1 Å². The number of rotatable bonds is 4. The molecule has 4 aromatic rings. The molecule has 0 saturated heterocycles. The van der Waals surface area contributed by atoms with Crippen LogP contribution in [0.15, 0.2) is 62.0 Å². The van der Waals surface area contributed by atoms with E-state index in [2.05, 4.69) is 4.98 Å². The number of thiazole rings is 1. The average Bonchev–Trinajstić information content (AvgIpc) is 3.10. The van der Waals surface area contributed by atoms with Crippen molar-refractivity contribution in [2.24, 2.45) is 0 Å². The maximum Gasteiger partial charge on any atom is 0.336 e. The molecule has 0 unspecified atom stereocenters. The van der Waals surface area contributed by atoms with Crippen LogP contribution >= 0.6 is 22.9 Å². The highest BCUT2D eigenvalue weighted by atomic mass is 35.5. The minimum atomic E-state index is -0.449. The minimum absolute atomic E-state index is 0.164. The van der Waals surface area contributed by atoms with Gasteiger partial charge in [0.1, 0.15) is 5.58 Å². The van der Waals surface area contributed by atoms with E-state index in [9.17, 15) is 9.59 Å². The first-order chi connectivity index (χ1) is 13.0. The van der Waals surface area contributed by atoms with E-state index in [1.165, 1.54) is 6.07 Å². The third kappa shape index (κ3) is 3.59. The number of fused-ring (bicyclic) bond motifs is 1. The van der Waals surface area contributed by atoms with Crippen LogP contribution in [0.3, 0.4) is 0 Å². The van der Waals surface area contributed by atoms with Crippen LogP contribution in [-0.2, 0) is 13.0 Å². The van der Waals surface area contributed by atoms with Crippen molar-refractivity contribution in [2.45, 2.75) is 19.9 Å². The zero-order valence-electron chi connectivity index (χ0n) is 14.4. The summed E-state index contributed by atoms with van der Waals surface area (Å²) in [7, 11) is 0. The van der Waals surface area contributed by atoms with Crippen LogP contribution in [0.2, 0.25) is 5.02 Å². The fourth-order valence-electron chi connectivity index (χ4n) is 2.96. The van der Waals surface area contributed by atoms with Crippen LogP contribution in [-0.4, -0.2) is 9.55 Å². The molecule has 0 aliphatic carbocycles. The summed E-state index contributed by atoms with van der Waals surface area (Å²) in [5.41, 5.74) is 2.24. The van der Waals surface area contributed by atoms with Crippen molar-refractivity contribution in [3.8, 4) is 11.3 Å². The third-order valence-electron chi connectivity index (χ3n) is 4.32. The second-order valence-corrected chi connectivity index (χ2v) is 7.56. The maximum absolute atomic E-state index is 12.7. The van der Waals surface area contributed by atoms with E-state index >= 15 is 0 Å². The molecule has 5 nitrogen and oxygen atoms in total. The molecule has 0 aliphatic rings. The molecule has 3 heterocycles. The van der Waals surface area contributed by atoms with Crippen molar-refractivity contribution >= 4 is 33.9 Å². The number of hydrogen-bond donors (Lipinski definition) is 0. The Morgan fingerprint density at radius 1 is 1.19 bits per heavy atom. The van der Waals surface area contributed by atoms with Crippen LogP contribution < -0.4 is 11.2 Å². The van der Waals surface area contributed by atoms with E-state index in [-0.39, 0.29) is 5.56 Å². The lowest BCUT2D eigenvalue weighted by molar-refractivity contribution is 0.556. The van der Waals surface area contributed by atoms with Gasteiger partial charge in [0.2, 0.25) is 0 Å². The number of pyridine rings is 1. The number of benzene rings is 1. The van der Waals surface area contributed by atoms with E-state index in [4.69, 9.17) is 16.0 Å². The standard InChI is InChI=1S/C20H15ClN2O3S/c1-12-10-18(24)26-16-6-8-23(20(25)19(12)16)9-7-17-22-15(11-27-17)13-2-4-14(21)5-3-13/h2-6,8,10-11H,7,9H2,1H3. The van der Waals surface area contributed by atoms with Gasteiger partial charge in [0, 0.05) is 41.2 Å². The third-order valence-corrected chi connectivity index (χ3v) is 5.49. The number of nitrogens with zero attached hydrogens (tertiary/aromatic N) is 2. The Balaban J connectivity index is 1.57. The normalized spacial score (nSPS) is 11.2. The monoisotopic (exact) mass is 398 g/mol. The van der Waals surface area contributed by atoms with Crippen molar-refractivity contribution in [3.63, 3.8) is 0 Å². The zero-order chi connectivity index (χ0) is 19.0. The highest BCUT2D eigenvalue weighted by Crippen LogP contribution is 2.24. The lowest BCUT2D eigenvalue weighted by Crippen LogP contribution is -2.22. The van der Waals surface area contributed by atoms with Gasteiger partial charge in [-0.2, -0.15) is 0 Å². The van der Waals surface area contributed by atoms with Gasteiger partial charge < -0.3 is 8.98 Å². The van der Waals surface area contributed by atoms with Crippen molar-refractivity contribution in [1.29, 1.82) is 0 Å². The number of aryl methyl sites for hydroxylation is 3. The van der Waals surface area contributed by atoms with Gasteiger partial charge in [-0.1, -0.05) is 23.7 Å². The van der Waals surface area contributed by atoms with E-state index in [1.54, 1.807) is 35.1 Å². The molecule has 0 radical (unpaired) electrons. The summed E-state index contributed by atoms with van der Waals surface area (Å²) >= 11 is 7.49. The summed E-state index contributed by atoms with van der Waals surface area (Å²) in [5.74, 6) is 0. The predicted molar refractivity (Wildman–Crippen MR) is 108 cm³/mol. The van der Waals surface area contributed by atoms with Gasteiger partial charge in [0.15, 0.2) is 0 Å². The molecular formula is C20H15ClN2O3S. The molecular weight excluding hydrogens is 384 g/mol. The van der Waals surface area contributed by atoms with Crippen LogP contribution in [0.5, 0.6) is 0 Å². The lowest BCUT2D eigenvalue weighted by atomic mass is 10.2. The molecule has 4 rings (SSSR count). The smallest absolute Gasteiger partial charge is 0.336 e. The minimum Gasteiger partial charge on any atom is -0.422 e. The Labute approximate surface area is 163 Å². The second-order valence-electron chi connectivity index (χ2n) is 6.19. The molecule has 136 valence electrons. The van der Waals surface area contributed by atoms with E-state index in [1.807, 2.05) is 29.6 Å². The molecule has 0 aliphatic heterocycles. The Kier molecular flexibility index (Phi) is 4.68. The largest absolute Gasteiger partial charge is 0.422 e. The summed E-state index contributed by atoms with van der Waals surface area (Å²) < 4.78 is 6.74. The predicted octanol–water partition coefficient (Wildman–Crippen LogP) is 4.28. The van der Waals surface area contributed by atoms with E-state index in [0.717, 1.165) is 16.3 Å². The first-order valence-electron chi connectivity index (χ1n) is 8.35. The van der Waals surface area contributed by atoms with E-state index < -0.39 is 5.63 Å². The molecule has 1 aromatic carbocycles. The molecule has 0 spiro atoms. The Bertz CT molecular complexity index is 1240.